The molecule has 2 heterocycles. The summed E-state index contributed by atoms with van der Waals surface area (Å²) in [6, 6.07) is 3.14. The lowest BCUT2D eigenvalue weighted by Gasteiger charge is -2.11. The predicted octanol–water partition coefficient (Wildman–Crippen LogP) is 1.72. The van der Waals surface area contributed by atoms with Gasteiger partial charge in [0, 0.05) is 12.4 Å². The van der Waals surface area contributed by atoms with Crippen LogP contribution in [0.2, 0.25) is 0 Å². The first-order valence-corrected chi connectivity index (χ1v) is 6.71. The molecule has 0 aliphatic carbocycles. The monoisotopic (exact) mass is 273 g/mol. The molecule has 0 unspecified atom stereocenters. The van der Waals surface area contributed by atoms with Crippen molar-refractivity contribution in [2.45, 2.75) is 32.2 Å². The highest BCUT2D eigenvalue weighted by Gasteiger charge is 2.12. The van der Waals surface area contributed by atoms with Crippen molar-refractivity contribution in [3.8, 4) is 5.82 Å². The molecule has 3 N–H and O–H groups in total. The number of carbonyl (C=O) groups excluding carboxylic acids is 1. The number of hydrogen-bond donors (Lipinski definition) is 2. The van der Waals surface area contributed by atoms with Crippen LogP contribution in [0.3, 0.4) is 0 Å². The smallest absolute Gasteiger partial charge is 0.241 e. The van der Waals surface area contributed by atoms with E-state index in [4.69, 9.17) is 5.73 Å². The molecule has 20 heavy (non-hydrogen) atoms. The van der Waals surface area contributed by atoms with E-state index in [2.05, 4.69) is 22.2 Å². The van der Waals surface area contributed by atoms with Crippen molar-refractivity contribution in [2.75, 3.05) is 5.32 Å². The first kappa shape index (κ1) is 14.2. The molecule has 2 aromatic rings. The maximum absolute atomic E-state index is 11.9. The number of nitrogens with zero attached hydrogens (tertiary/aromatic N) is 3. The van der Waals surface area contributed by atoms with Crippen molar-refractivity contribution in [1.29, 1.82) is 0 Å². The lowest BCUT2D eigenvalue weighted by atomic mass is 10.1. The van der Waals surface area contributed by atoms with E-state index in [1.165, 1.54) is 0 Å². The second-order valence-electron chi connectivity index (χ2n) is 4.61. The van der Waals surface area contributed by atoms with Crippen LogP contribution in [0.25, 0.3) is 5.82 Å². The Bertz CT molecular complexity index is 535. The molecule has 106 valence electrons. The molecular weight excluding hydrogens is 254 g/mol. The van der Waals surface area contributed by atoms with Gasteiger partial charge in [-0.2, -0.15) is 0 Å². The van der Waals surface area contributed by atoms with Gasteiger partial charge in [0.1, 0.15) is 12.1 Å². The van der Waals surface area contributed by atoms with Crippen molar-refractivity contribution in [3.63, 3.8) is 0 Å². The number of anilines is 1. The zero-order valence-corrected chi connectivity index (χ0v) is 11.5. The Morgan fingerprint density at radius 3 is 2.95 bits per heavy atom. The van der Waals surface area contributed by atoms with Gasteiger partial charge in [0.25, 0.3) is 0 Å². The van der Waals surface area contributed by atoms with E-state index in [0.717, 1.165) is 18.7 Å². The standard InChI is InChI=1S/C14H19N5O/c1-2-3-4-12(15)14(20)18-11-5-6-13(17-9-11)19-8-7-16-10-19/h5-10,12H,2-4,15H2,1H3,(H,18,20)/t12-/m0/s1. The van der Waals surface area contributed by atoms with Gasteiger partial charge in [-0.15, -0.1) is 0 Å². The van der Waals surface area contributed by atoms with Crippen LogP contribution >= 0.6 is 0 Å². The van der Waals surface area contributed by atoms with Gasteiger partial charge in [-0.25, -0.2) is 9.97 Å². The van der Waals surface area contributed by atoms with Crippen LogP contribution in [0.15, 0.2) is 37.1 Å². The molecule has 0 bridgehead atoms. The molecule has 0 radical (unpaired) electrons. The molecule has 0 spiro atoms. The number of pyridine rings is 1. The highest BCUT2D eigenvalue weighted by atomic mass is 16.2. The molecule has 0 aliphatic heterocycles. The topological polar surface area (TPSA) is 85.8 Å². The van der Waals surface area contributed by atoms with Crippen LogP contribution in [0.5, 0.6) is 0 Å². The predicted molar refractivity (Wildman–Crippen MR) is 77.5 cm³/mol. The van der Waals surface area contributed by atoms with Crippen LogP contribution in [0.4, 0.5) is 5.69 Å². The molecule has 2 aromatic heterocycles. The number of rotatable bonds is 6. The first-order chi connectivity index (χ1) is 9.70. The second-order valence-corrected chi connectivity index (χ2v) is 4.61. The van der Waals surface area contributed by atoms with E-state index in [9.17, 15) is 4.79 Å². The number of unbranched alkanes of at least 4 members (excludes halogenated alkanes) is 1. The molecule has 0 saturated carbocycles. The summed E-state index contributed by atoms with van der Waals surface area (Å²) in [5.74, 6) is 0.575. The van der Waals surface area contributed by atoms with Crippen LogP contribution in [0, 0.1) is 0 Å². The van der Waals surface area contributed by atoms with Gasteiger partial charge in [-0.1, -0.05) is 19.8 Å². The van der Waals surface area contributed by atoms with Gasteiger partial charge < -0.3 is 11.1 Å². The molecule has 1 atom stereocenters. The third-order valence-corrected chi connectivity index (χ3v) is 2.99. The van der Waals surface area contributed by atoms with Gasteiger partial charge in [0.05, 0.1) is 17.9 Å². The maximum atomic E-state index is 11.9. The van der Waals surface area contributed by atoms with Crippen molar-refractivity contribution in [3.05, 3.63) is 37.1 Å². The number of imidazole rings is 1. The minimum absolute atomic E-state index is 0.171. The van der Waals surface area contributed by atoms with Gasteiger partial charge in [-0.05, 0) is 18.6 Å². The first-order valence-electron chi connectivity index (χ1n) is 6.71. The molecule has 0 fully saturated rings. The van der Waals surface area contributed by atoms with Crippen molar-refractivity contribution in [1.82, 2.24) is 14.5 Å². The number of carbonyl (C=O) groups is 1. The Morgan fingerprint density at radius 1 is 1.50 bits per heavy atom. The van der Waals surface area contributed by atoms with Gasteiger partial charge in [0.15, 0.2) is 0 Å². The summed E-state index contributed by atoms with van der Waals surface area (Å²) in [6.45, 7) is 2.07. The largest absolute Gasteiger partial charge is 0.323 e. The third kappa shape index (κ3) is 3.64. The number of nitrogens with two attached hydrogens (primary N) is 1. The van der Waals surface area contributed by atoms with Gasteiger partial charge in [0.2, 0.25) is 5.91 Å². The van der Waals surface area contributed by atoms with E-state index >= 15 is 0 Å². The molecule has 0 aromatic carbocycles. The lowest BCUT2D eigenvalue weighted by Crippen LogP contribution is -2.35. The third-order valence-electron chi connectivity index (χ3n) is 2.99. The van der Waals surface area contributed by atoms with Crippen LogP contribution in [-0.4, -0.2) is 26.5 Å². The summed E-state index contributed by atoms with van der Waals surface area (Å²) in [5.41, 5.74) is 6.46. The van der Waals surface area contributed by atoms with E-state index in [-0.39, 0.29) is 5.91 Å². The number of hydrogen-bond acceptors (Lipinski definition) is 4. The Morgan fingerprint density at radius 2 is 2.35 bits per heavy atom. The highest BCUT2D eigenvalue weighted by molar-refractivity contribution is 5.94. The number of nitrogens with one attached hydrogen (secondary N) is 1. The lowest BCUT2D eigenvalue weighted by molar-refractivity contribution is -0.117. The minimum Gasteiger partial charge on any atom is -0.323 e. The molecule has 0 saturated heterocycles. The zero-order chi connectivity index (χ0) is 14.4. The average molecular weight is 273 g/mol. The maximum Gasteiger partial charge on any atom is 0.241 e. The molecule has 6 heteroatoms. The molecular formula is C14H19N5O. The quantitative estimate of drug-likeness (QED) is 0.839. The Hall–Kier alpha value is -2.21. The molecule has 0 aliphatic rings. The summed E-state index contributed by atoms with van der Waals surface area (Å²) >= 11 is 0. The van der Waals surface area contributed by atoms with Crippen molar-refractivity contribution >= 4 is 11.6 Å². The Balaban J connectivity index is 1.95. The molecule has 2 rings (SSSR count). The number of amides is 1. The van der Waals surface area contributed by atoms with Gasteiger partial charge >= 0.3 is 0 Å². The van der Waals surface area contributed by atoms with Crippen molar-refractivity contribution < 1.29 is 4.79 Å². The van der Waals surface area contributed by atoms with Crippen LogP contribution < -0.4 is 11.1 Å². The van der Waals surface area contributed by atoms with Crippen LogP contribution in [0.1, 0.15) is 26.2 Å². The zero-order valence-electron chi connectivity index (χ0n) is 11.5. The van der Waals surface area contributed by atoms with E-state index in [1.807, 2.05) is 6.07 Å². The summed E-state index contributed by atoms with van der Waals surface area (Å²) in [7, 11) is 0. The van der Waals surface area contributed by atoms with Gasteiger partial charge in [-0.3, -0.25) is 9.36 Å². The van der Waals surface area contributed by atoms with E-state index in [1.54, 1.807) is 35.6 Å². The summed E-state index contributed by atoms with van der Waals surface area (Å²) in [4.78, 5) is 20.1. The van der Waals surface area contributed by atoms with E-state index < -0.39 is 6.04 Å². The summed E-state index contributed by atoms with van der Waals surface area (Å²) in [6.07, 6.45) is 9.45. The summed E-state index contributed by atoms with van der Waals surface area (Å²) < 4.78 is 1.79. The van der Waals surface area contributed by atoms with Crippen molar-refractivity contribution in [2.24, 2.45) is 5.73 Å². The normalized spacial score (nSPS) is 12.1. The van der Waals surface area contributed by atoms with Crippen LogP contribution in [-0.2, 0) is 4.79 Å². The van der Waals surface area contributed by atoms with E-state index in [0.29, 0.717) is 12.1 Å². The average Bonchev–Trinajstić information content (AvgIpc) is 2.99. The highest BCUT2D eigenvalue weighted by Crippen LogP contribution is 2.10. The molecule has 1 amide bonds. The fraction of sp³-hybridized carbons (Fsp3) is 0.357. The summed E-state index contributed by atoms with van der Waals surface area (Å²) in [5, 5.41) is 2.77. The molecule has 6 nitrogen and oxygen atoms in total. The SMILES string of the molecule is CCCC[C@H](N)C(=O)Nc1ccc(-n2ccnc2)nc1. The fourth-order valence-electron chi connectivity index (χ4n) is 1.80. The minimum atomic E-state index is -0.469. The fourth-order valence-corrected chi connectivity index (χ4v) is 1.80. The Labute approximate surface area is 118 Å². The second kappa shape index (κ2) is 6.81. The number of aromatic nitrogens is 3. The Kier molecular flexibility index (Phi) is 4.84.